The minimum atomic E-state index is -1.08. The molecular weight excluding hydrogens is 438 g/mol. The molecule has 2 N–H and O–H groups in total. The third kappa shape index (κ3) is 5.82. The number of aromatic nitrogens is 2. The highest BCUT2D eigenvalue weighted by molar-refractivity contribution is 7.99. The lowest BCUT2D eigenvalue weighted by Crippen LogP contribution is -2.37. The molecule has 1 aliphatic rings. The molecule has 8 heteroatoms. The molecule has 2 aromatic carbocycles. The van der Waals surface area contributed by atoms with Crippen molar-refractivity contribution in [2.24, 2.45) is 0 Å². The number of hydrogen-bond acceptors (Lipinski definition) is 5. The van der Waals surface area contributed by atoms with Crippen molar-refractivity contribution in [1.29, 1.82) is 0 Å². The lowest BCUT2D eigenvalue weighted by atomic mass is 9.95. The molecule has 33 heavy (non-hydrogen) atoms. The zero-order valence-corrected chi connectivity index (χ0v) is 19.1. The van der Waals surface area contributed by atoms with E-state index in [1.165, 1.54) is 36.4 Å². The maximum absolute atomic E-state index is 13.3. The fourth-order valence-corrected chi connectivity index (χ4v) is 5.01. The van der Waals surface area contributed by atoms with Crippen LogP contribution in [0.2, 0.25) is 0 Å². The standard InChI is InChI=1S/C25H27N3O4S/c29-22(26-19-9-5-2-6-10-19)16-33-25-27-21-15-18(24(31)32)11-12-20(21)23(30)28(25)14-13-17-7-3-1-4-8-17/h1,3-4,7-8,11-12,15,19H,2,5-6,9-10,13-14,16H2,(H,26,29)(H,31,32). The summed E-state index contributed by atoms with van der Waals surface area (Å²) in [6.07, 6.45) is 6.14. The number of nitrogens with one attached hydrogen (secondary N) is 1. The quantitative estimate of drug-likeness (QED) is 0.387. The first-order valence-electron chi connectivity index (χ1n) is 11.3. The summed E-state index contributed by atoms with van der Waals surface area (Å²) in [6, 6.07) is 14.4. The maximum atomic E-state index is 13.3. The highest BCUT2D eigenvalue weighted by Crippen LogP contribution is 2.21. The van der Waals surface area contributed by atoms with Crippen LogP contribution in [0.15, 0.2) is 58.5 Å². The molecule has 1 heterocycles. The molecule has 1 saturated carbocycles. The molecule has 0 saturated heterocycles. The minimum Gasteiger partial charge on any atom is -0.478 e. The van der Waals surface area contributed by atoms with Gasteiger partial charge in [-0.05, 0) is 43.0 Å². The fourth-order valence-electron chi connectivity index (χ4n) is 4.17. The zero-order valence-electron chi connectivity index (χ0n) is 18.3. The van der Waals surface area contributed by atoms with Gasteiger partial charge in [-0.3, -0.25) is 14.2 Å². The molecule has 1 amide bonds. The van der Waals surface area contributed by atoms with Crippen molar-refractivity contribution in [1.82, 2.24) is 14.9 Å². The summed E-state index contributed by atoms with van der Waals surface area (Å²) in [4.78, 5) is 41.8. The smallest absolute Gasteiger partial charge is 0.335 e. The number of benzene rings is 2. The van der Waals surface area contributed by atoms with Gasteiger partial charge in [-0.1, -0.05) is 61.4 Å². The van der Waals surface area contributed by atoms with Gasteiger partial charge in [0.05, 0.1) is 22.2 Å². The molecule has 1 aromatic heterocycles. The van der Waals surface area contributed by atoms with E-state index in [0.717, 1.165) is 31.2 Å². The molecule has 0 radical (unpaired) electrons. The first-order valence-corrected chi connectivity index (χ1v) is 12.2. The van der Waals surface area contributed by atoms with E-state index in [-0.39, 0.29) is 28.8 Å². The van der Waals surface area contributed by atoms with Gasteiger partial charge in [0.25, 0.3) is 5.56 Å². The molecule has 0 bridgehead atoms. The average molecular weight is 466 g/mol. The van der Waals surface area contributed by atoms with E-state index in [4.69, 9.17) is 0 Å². The second-order valence-electron chi connectivity index (χ2n) is 8.31. The van der Waals surface area contributed by atoms with Crippen LogP contribution in [0.5, 0.6) is 0 Å². The Kier molecular flexibility index (Phi) is 7.44. The van der Waals surface area contributed by atoms with Crippen molar-refractivity contribution < 1.29 is 14.7 Å². The Labute approximate surface area is 196 Å². The SMILES string of the molecule is O=C(CSc1nc2cc(C(=O)O)ccc2c(=O)n1CCc1ccccc1)NC1CCCCC1. The number of carbonyl (C=O) groups is 2. The van der Waals surface area contributed by atoms with Crippen LogP contribution in [0.1, 0.15) is 48.0 Å². The molecule has 0 aliphatic heterocycles. The van der Waals surface area contributed by atoms with Gasteiger partial charge in [0, 0.05) is 12.6 Å². The highest BCUT2D eigenvalue weighted by atomic mass is 32.2. The normalized spacial score (nSPS) is 14.3. The summed E-state index contributed by atoms with van der Waals surface area (Å²) in [5.41, 5.74) is 1.26. The van der Waals surface area contributed by atoms with E-state index in [1.54, 1.807) is 4.57 Å². The summed E-state index contributed by atoms with van der Waals surface area (Å²) in [7, 11) is 0. The number of carbonyl (C=O) groups excluding carboxylic acids is 1. The van der Waals surface area contributed by atoms with E-state index in [2.05, 4.69) is 10.3 Å². The topological polar surface area (TPSA) is 101 Å². The molecular formula is C25H27N3O4S. The van der Waals surface area contributed by atoms with Crippen LogP contribution in [-0.4, -0.2) is 38.3 Å². The van der Waals surface area contributed by atoms with Gasteiger partial charge < -0.3 is 10.4 Å². The summed E-state index contributed by atoms with van der Waals surface area (Å²) in [6.45, 7) is 0.416. The largest absolute Gasteiger partial charge is 0.478 e. The van der Waals surface area contributed by atoms with Gasteiger partial charge in [0.2, 0.25) is 5.91 Å². The molecule has 7 nitrogen and oxygen atoms in total. The third-order valence-corrected chi connectivity index (χ3v) is 6.91. The van der Waals surface area contributed by atoms with Gasteiger partial charge in [0.15, 0.2) is 5.16 Å². The first-order chi connectivity index (χ1) is 16.0. The van der Waals surface area contributed by atoms with Crippen molar-refractivity contribution in [3.8, 4) is 0 Å². The van der Waals surface area contributed by atoms with E-state index < -0.39 is 5.97 Å². The Morgan fingerprint density at radius 3 is 2.58 bits per heavy atom. The van der Waals surface area contributed by atoms with Crippen LogP contribution in [0.3, 0.4) is 0 Å². The number of carboxylic acid groups (broad SMARTS) is 1. The van der Waals surface area contributed by atoms with Crippen molar-refractivity contribution in [3.05, 3.63) is 70.0 Å². The molecule has 4 rings (SSSR count). The second-order valence-corrected chi connectivity index (χ2v) is 9.26. The number of thioether (sulfide) groups is 1. The molecule has 0 spiro atoms. The molecule has 1 fully saturated rings. The predicted octanol–water partition coefficient (Wildman–Crippen LogP) is 3.88. The molecule has 0 atom stereocenters. The van der Waals surface area contributed by atoms with E-state index in [9.17, 15) is 19.5 Å². The Bertz CT molecular complexity index is 1200. The number of amides is 1. The third-order valence-electron chi connectivity index (χ3n) is 5.94. The van der Waals surface area contributed by atoms with Crippen LogP contribution >= 0.6 is 11.8 Å². The average Bonchev–Trinajstić information content (AvgIpc) is 2.83. The Morgan fingerprint density at radius 2 is 1.85 bits per heavy atom. The van der Waals surface area contributed by atoms with Crippen LogP contribution in [-0.2, 0) is 17.8 Å². The van der Waals surface area contributed by atoms with Crippen molar-refractivity contribution >= 4 is 34.5 Å². The summed E-state index contributed by atoms with van der Waals surface area (Å²) in [5.74, 6) is -0.999. The molecule has 0 unspecified atom stereocenters. The molecule has 3 aromatic rings. The van der Waals surface area contributed by atoms with Crippen LogP contribution in [0.4, 0.5) is 0 Å². The Balaban J connectivity index is 1.59. The number of carboxylic acids is 1. The summed E-state index contributed by atoms with van der Waals surface area (Å²) in [5, 5.41) is 13.2. The van der Waals surface area contributed by atoms with E-state index >= 15 is 0 Å². The van der Waals surface area contributed by atoms with Crippen molar-refractivity contribution in [2.45, 2.75) is 56.3 Å². The number of fused-ring (bicyclic) bond motifs is 1. The van der Waals surface area contributed by atoms with Crippen LogP contribution in [0, 0.1) is 0 Å². The van der Waals surface area contributed by atoms with Gasteiger partial charge in [-0.15, -0.1) is 0 Å². The zero-order chi connectivity index (χ0) is 23.2. The van der Waals surface area contributed by atoms with Crippen molar-refractivity contribution in [2.75, 3.05) is 5.75 Å². The number of aromatic carboxylic acids is 1. The second kappa shape index (κ2) is 10.7. The van der Waals surface area contributed by atoms with Gasteiger partial charge >= 0.3 is 5.97 Å². The molecule has 172 valence electrons. The lowest BCUT2D eigenvalue weighted by molar-refractivity contribution is -0.119. The van der Waals surface area contributed by atoms with Crippen LogP contribution < -0.4 is 10.9 Å². The van der Waals surface area contributed by atoms with Gasteiger partial charge in [0.1, 0.15) is 0 Å². The first kappa shape index (κ1) is 23.0. The van der Waals surface area contributed by atoms with Gasteiger partial charge in [-0.2, -0.15) is 0 Å². The fraction of sp³-hybridized carbons (Fsp3) is 0.360. The number of hydrogen-bond donors (Lipinski definition) is 2. The Morgan fingerprint density at radius 1 is 1.09 bits per heavy atom. The number of aryl methyl sites for hydroxylation is 1. The number of rotatable bonds is 8. The Hall–Kier alpha value is -3.13. The van der Waals surface area contributed by atoms with Crippen molar-refractivity contribution in [3.63, 3.8) is 0 Å². The number of nitrogens with zero attached hydrogens (tertiary/aromatic N) is 2. The monoisotopic (exact) mass is 465 g/mol. The predicted molar refractivity (Wildman–Crippen MR) is 129 cm³/mol. The van der Waals surface area contributed by atoms with Crippen LogP contribution in [0.25, 0.3) is 10.9 Å². The maximum Gasteiger partial charge on any atom is 0.335 e. The van der Waals surface area contributed by atoms with Gasteiger partial charge in [-0.25, -0.2) is 9.78 Å². The van der Waals surface area contributed by atoms with E-state index in [0.29, 0.717) is 29.0 Å². The highest BCUT2D eigenvalue weighted by Gasteiger charge is 2.18. The van der Waals surface area contributed by atoms with E-state index in [1.807, 2.05) is 30.3 Å². The minimum absolute atomic E-state index is 0.0717. The summed E-state index contributed by atoms with van der Waals surface area (Å²) >= 11 is 1.21. The lowest BCUT2D eigenvalue weighted by Gasteiger charge is -2.22. The molecule has 1 aliphatic carbocycles. The summed E-state index contributed by atoms with van der Waals surface area (Å²) < 4.78 is 1.59.